The maximum Gasteiger partial charge on any atom is 0.230 e. The number of amides is 1. The second kappa shape index (κ2) is 6.48. The van der Waals surface area contributed by atoms with Crippen molar-refractivity contribution >= 4 is 39.1 Å². The van der Waals surface area contributed by atoms with Gasteiger partial charge in [0.1, 0.15) is 0 Å². The molecule has 0 bridgehead atoms. The third-order valence-corrected chi connectivity index (χ3v) is 5.25. The van der Waals surface area contributed by atoms with E-state index in [1.807, 2.05) is 12.1 Å². The summed E-state index contributed by atoms with van der Waals surface area (Å²) in [5.74, 6) is 0.689. The predicted octanol–water partition coefficient (Wildman–Crippen LogP) is 5.65. The maximum absolute atomic E-state index is 12.7. The van der Waals surface area contributed by atoms with Crippen LogP contribution in [-0.2, 0) is 4.79 Å². The van der Waals surface area contributed by atoms with Crippen molar-refractivity contribution in [1.29, 1.82) is 0 Å². The van der Waals surface area contributed by atoms with Crippen molar-refractivity contribution in [2.45, 2.75) is 46.0 Å². The normalized spacial score (nSPS) is 17.4. The third kappa shape index (κ3) is 3.56. The van der Waals surface area contributed by atoms with Gasteiger partial charge in [-0.3, -0.25) is 4.79 Å². The summed E-state index contributed by atoms with van der Waals surface area (Å²) in [7, 11) is 0. The fourth-order valence-corrected chi connectivity index (χ4v) is 3.62. The molecule has 1 aliphatic rings. The highest BCUT2D eigenvalue weighted by molar-refractivity contribution is 9.10. The van der Waals surface area contributed by atoms with Crippen LogP contribution >= 0.6 is 27.5 Å². The molecule has 20 heavy (non-hydrogen) atoms. The lowest BCUT2D eigenvalue weighted by Gasteiger charge is -2.29. The van der Waals surface area contributed by atoms with Crippen LogP contribution in [0.3, 0.4) is 0 Å². The van der Waals surface area contributed by atoms with E-state index < -0.39 is 0 Å². The van der Waals surface area contributed by atoms with Gasteiger partial charge in [-0.25, -0.2) is 0 Å². The Hall–Kier alpha value is -0.540. The zero-order valence-electron chi connectivity index (χ0n) is 12.0. The van der Waals surface area contributed by atoms with Gasteiger partial charge in [-0.15, -0.1) is 0 Å². The largest absolute Gasteiger partial charge is 0.326 e. The standard InChI is InChI=1S/C16H21BrClNO/c1-11(2)10-16(7-3-4-8-16)15(20)19-12-5-6-13(17)14(18)9-12/h5-6,9,11H,3-4,7-8,10H2,1-2H3,(H,19,20). The van der Waals surface area contributed by atoms with E-state index >= 15 is 0 Å². The summed E-state index contributed by atoms with van der Waals surface area (Å²) in [6, 6.07) is 5.54. The van der Waals surface area contributed by atoms with Crippen LogP contribution < -0.4 is 5.32 Å². The average molecular weight is 359 g/mol. The van der Waals surface area contributed by atoms with E-state index in [-0.39, 0.29) is 11.3 Å². The van der Waals surface area contributed by atoms with E-state index in [2.05, 4.69) is 35.1 Å². The topological polar surface area (TPSA) is 29.1 Å². The molecule has 1 aliphatic carbocycles. The number of carbonyl (C=O) groups excluding carboxylic acids is 1. The zero-order chi connectivity index (χ0) is 14.8. The van der Waals surface area contributed by atoms with E-state index in [4.69, 9.17) is 11.6 Å². The first-order valence-corrected chi connectivity index (χ1v) is 8.36. The van der Waals surface area contributed by atoms with Crippen LogP contribution in [0.4, 0.5) is 5.69 Å². The molecule has 110 valence electrons. The lowest BCUT2D eigenvalue weighted by molar-refractivity contribution is -0.126. The van der Waals surface area contributed by atoms with Gasteiger partial charge in [0.05, 0.1) is 5.02 Å². The van der Waals surface area contributed by atoms with Crippen molar-refractivity contribution in [1.82, 2.24) is 0 Å². The van der Waals surface area contributed by atoms with Crippen LogP contribution in [0.25, 0.3) is 0 Å². The van der Waals surface area contributed by atoms with Gasteiger partial charge in [0.15, 0.2) is 0 Å². The van der Waals surface area contributed by atoms with Crippen molar-refractivity contribution in [3.05, 3.63) is 27.7 Å². The number of anilines is 1. The Kier molecular flexibility index (Phi) is 5.14. The molecule has 0 heterocycles. The molecule has 0 spiro atoms. The lowest BCUT2D eigenvalue weighted by Crippen LogP contribution is -2.35. The Labute approximate surface area is 134 Å². The van der Waals surface area contributed by atoms with Crippen molar-refractivity contribution in [3.8, 4) is 0 Å². The van der Waals surface area contributed by atoms with Crippen LogP contribution in [0, 0.1) is 11.3 Å². The van der Waals surface area contributed by atoms with Gasteiger partial charge in [-0.2, -0.15) is 0 Å². The van der Waals surface area contributed by atoms with Crippen molar-refractivity contribution < 1.29 is 4.79 Å². The number of halogens is 2. The Morgan fingerprint density at radius 2 is 2.05 bits per heavy atom. The molecule has 1 aromatic rings. The molecule has 4 heteroatoms. The summed E-state index contributed by atoms with van der Waals surface area (Å²) in [6.07, 6.45) is 5.27. The molecular formula is C16H21BrClNO. The van der Waals surface area contributed by atoms with E-state index in [0.29, 0.717) is 10.9 Å². The predicted molar refractivity (Wildman–Crippen MR) is 88.1 cm³/mol. The summed E-state index contributed by atoms with van der Waals surface area (Å²) < 4.78 is 0.843. The Morgan fingerprint density at radius 1 is 1.40 bits per heavy atom. The van der Waals surface area contributed by atoms with E-state index in [1.54, 1.807) is 6.07 Å². The minimum absolute atomic E-state index is 0.155. The van der Waals surface area contributed by atoms with Gasteiger partial charge < -0.3 is 5.32 Å². The van der Waals surface area contributed by atoms with Crippen LogP contribution in [0.2, 0.25) is 5.02 Å². The Morgan fingerprint density at radius 3 is 2.60 bits per heavy atom. The molecule has 0 saturated heterocycles. The Balaban J connectivity index is 2.14. The van der Waals surface area contributed by atoms with Gasteiger partial charge >= 0.3 is 0 Å². The molecule has 0 unspecified atom stereocenters. The maximum atomic E-state index is 12.7. The summed E-state index contributed by atoms with van der Waals surface area (Å²) in [4.78, 5) is 12.7. The molecule has 0 radical (unpaired) electrons. The quantitative estimate of drug-likeness (QED) is 0.740. The van der Waals surface area contributed by atoms with Gasteiger partial charge in [0.25, 0.3) is 0 Å². The second-order valence-electron chi connectivity index (χ2n) is 6.17. The minimum Gasteiger partial charge on any atom is -0.326 e. The number of hydrogen-bond acceptors (Lipinski definition) is 1. The van der Waals surface area contributed by atoms with Gasteiger partial charge in [0.2, 0.25) is 5.91 Å². The highest BCUT2D eigenvalue weighted by Crippen LogP contribution is 2.44. The van der Waals surface area contributed by atoms with Crippen LogP contribution in [0.5, 0.6) is 0 Å². The van der Waals surface area contributed by atoms with Gasteiger partial charge in [-0.1, -0.05) is 38.3 Å². The summed E-state index contributed by atoms with van der Waals surface area (Å²) in [6.45, 7) is 4.37. The molecule has 1 aromatic carbocycles. The summed E-state index contributed by atoms with van der Waals surface area (Å²) in [5.41, 5.74) is 0.589. The SMILES string of the molecule is CC(C)CC1(C(=O)Nc2ccc(Br)c(Cl)c2)CCCC1. The van der Waals surface area contributed by atoms with E-state index in [0.717, 1.165) is 42.3 Å². The molecule has 2 rings (SSSR count). The smallest absolute Gasteiger partial charge is 0.230 e. The molecule has 0 atom stereocenters. The van der Waals surface area contributed by atoms with Crippen molar-refractivity contribution in [3.63, 3.8) is 0 Å². The summed E-state index contributed by atoms with van der Waals surface area (Å²) in [5, 5.41) is 3.67. The minimum atomic E-state index is -0.187. The fourth-order valence-electron chi connectivity index (χ4n) is 3.19. The number of carbonyl (C=O) groups is 1. The van der Waals surface area contributed by atoms with Crippen LogP contribution in [-0.4, -0.2) is 5.91 Å². The number of hydrogen-bond donors (Lipinski definition) is 1. The van der Waals surface area contributed by atoms with Gasteiger partial charge in [0, 0.05) is 15.6 Å². The van der Waals surface area contributed by atoms with Gasteiger partial charge in [-0.05, 0) is 59.3 Å². The monoisotopic (exact) mass is 357 g/mol. The number of nitrogens with one attached hydrogen (secondary N) is 1. The third-order valence-electron chi connectivity index (χ3n) is 4.02. The molecule has 0 aromatic heterocycles. The lowest BCUT2D eigenvalue weighted by atomic mass is 9.77. The molecular weight excluding hydrogens is 338 g/mol. The molecule has 1 N–H and O–H groups in total. The second-order valence-corrected chi connectivity index (χ2v) is 7.43. The average Bonchev–Trinajstić information content (AvgIpc) is 2.83. The van der Waals surface area contributed by atoms with E-state index in [9.17, 15) is 4.79 Å². The molecule has 1 saturated carbocycles. The first-order valence-electron chi connectivity index (χ1n) is 7.19. The zero-order valence-corrected chi connectivity index (χ0v) is 14.4. The van der Waals surface area contributed by atoms with E-state index in [1.165, 1.54) is 0 Å². The first kappa shape index (κ1) is 15.8. The number of benzene rings is 1. The fraction of sp³-hybridized carbons (Fsp3) is 0.562. The van der Waals surface area contributed by atoms with Crippen LogP contribution in [0.15, 0.2) is 22.7 Å². The molecule has 1 amide bonds. The van der Waals surface area contributed by atoms with Crippen LogP contribution in [0.1, 0.15) is 46.0 Å². The Bertz CT molecular complexity index is 495. The van der Waals surface area contributed by atoms with Crippen molar-refractivity contribution in [2.75, 3.05) is 5.32 Å². The highest BCUT2D eigenvalue weighted by atomic mass is 79.9. The summed E-state index contributed by atoms with van der Waals surface area (Å²) >= 11 is 9.44. The molecule has 0 aliphatic heterocycles. The first-order chi connectivity index (χ1) is 9.43. The number of rotatable bonds is 4. The highest BCUT2D eigenvalue weighted by Gasteiger charge is 2.41. The molecule has 2 nitrogen and oxygen atoms in total. The van der Waals surface area contributed by atoms with Crippen molar-refractivity contribution in [2.24, 2.45) is 11.3 Å². The molecule has 1 fully saturated rings.